The SMILES string of the molecule is C=CC(=O)Nc1ccc2nccc(Nc3cccc(Cl)c3)c2c1. The Morgan fingerprint density at radius 3 is 2.78 bits per heavy atom. The third-order valence-electron chi connectivity index (χ3n) is 3.30. The van der Waals surface area contributed by atoms with Crippen molar-refractivity contribution in [1.29, 1.82) is 0 Å². The van der Waals surface area contributed by atoms with Crippen LogP contribution in [0.25, 0.3) is 10.9 Å². The van der Waals surface area contributed by atoms with Gasteiger partial charge in [-0.15, -0.1) is 0 Å². The predicted octanol–water partition coefficient (Wildman–Crippen LogP) is 4.76. The van der Waals surface area contributed by atoms with Crippen LogP contribution in [0.1, 0.15) is 0 Å². The summed E-state index contributed by atoms with van der Waals surface area (Å²) in [6.45, 7) is 3.45. The van der Waals surface area contributed by atoms with Crippen LogP contribution in [0.4, 0.5) is 17.1 Å². The van der Waals surface area contributed by atoms with Gasteiger partial charge >= 0.3 is 0 Å². The number of rotatable bonds is 4. The average Bonchev–Trinajstić information content (AvgIpc) is 2.55. The molecule has 0 unspecified atom stereocenters. The Labute approximate surface area is 138 Å². The van der Waals surface area contributed by atoms with Gasteiger partial charge in [0.25, 0.3) is 0 Å². The second-order valence-electron chi connectivity index (χ2n) is 4.92. The summed E-state index contributed by atoms with van der Waals surface area (Å²) >= 11 is 6.02. The van der Waals surface area contributed by atoms with E-state index in [2.05, 4.69) is 22.2 Å². The van der Waals surface area contributed by atoms with Crippen LogP contribution in [0.3, 0.4) is 0 Å². The number of carbonyl (C=O) groups is 1. The van der Waals surface area contributed by atoms with Crippen molar-refractivity contribution in [2.75, 3.05) is 10.6 Å². The summed E-state index contributed by atoms with van der Waals surface area (Å²) in [5.74, 6) is -0.252. The van der Waals surface area contributed by atoms with Crippen LogP contribution in [0.2, 0.25) is 5.02 Å². The van der Waals surface area contributed by atoms with Gasteiger partial charge in [-0.1, -0.05) is 24.2 Å². The largest absolute Gasteiger partial charge is 0.355 e. The van der Waals surface area contributed by atoms with Gasteiger partial charge in [0, 0.05) is 33.7 Å². The molecule has 2 aromatic carbocycles. The Hall–Kier alpha value is -2.85. The van der Waals surface area contributed by atoms with Gasteiger partial charge in [0.1, 0.15) is 0 Å². The standard InChI is InChI=1S/C18H14ClN3O/c1-2-18(23)22-14-6-7-16-15(11-14)17(8-9-20-16)21-13-5-3-4-12(19)10-13/h2-11H,1H2,(H,20,21)(H,22,23). The van der Waals surface area contributed by atoms with Crippen molar-refractivity contribution in [3.63, 3.8) is 0 Å². The fourth-order valence-corrected chi connectivity index (χ4v) is 2.44. The van der Waals surface area contributed by atoms with Gasteiger partial charge in [0.05, 0.1) is 5.52 Å². The van der Waals surface area contributed by atoms with Crippen molar-refractivity contribution in [1.82, 2.24) is 4.98 Å². The number of nitrogens with one attached hydrogen (secondary N) is 2. The van der Waals surface area contributed by atoms with E-state index >= 15 is 0 Å². The molecule has 3 rings (SSSR count). The molecule has 0 saturated heterocycles. The molecule has 2 N–H and O–H groups in total. The number of benzene rings is 2. The van der Waals surface area contributed by atoms with Crippen LogP contribution < -0.4 is 10.6 Å². The van der Waals surface area contributed by atoms with E-state index in [9.17, 15) is 4.79 Å². The molecule has 114 valence electrons. The lowest BCUT2D eigenvalue weighted by Crippen LogP contribution is -2.07. The Balaban J connectivity index is 2.00. The first kappa shape index (κ1) is 15.1. The number of hydrogen-bond donors (Lipinski definition) is 2. The lowest BCUT2D eigenvalue weighted by atomic mass is 10.1. The van der Waals surface area contributed by atoms with Crippen LogP contribution in [0.5, 0.6) is 0 Å². The first-order valence-electron chi connectivity index (χ1n) is 7.00. The molecule has 1 amide bonds. The molecule has 0 aliphatic carbocycles. The highest BCUT2D eigenvalue weighted by Crippen LogP contribution is 2.28. The van der Waals surface area contributed by atoms with E-state index in [1.165, 1.54) is 6.08 Å². The fraction of sp³-hybridized carbons (Fsp3) is 0. The van der Waals surface area contributed by atoms with Crippen LogP contribution in [-0.2, 0) is 4.79 Å². The van der Waals surface area contributed by atoms with E-state index in [1.54, 1.807) is 12.3 Å². The number of hydrogen-bond acceptors (Lipinski definition) is 3. The fourth-order valence-electron chi connectivity index (χ4n) is 2.25. The van der Waals surface area contributed by atoms with Gasteiger partial charge in [-0.25, -0.2) is 0 Å². The predicted molar refractivity (Wildman–Crippen MR) is 95.3 cm³/mol. The Morgan fingerprint density at radius 2 is 2.00 bits per heavy atom. The van der Waals surface area contributed by atoms with Gasteiger partial charge in [-0.05, 0) is 48.5 Å². The summed E-state index contributed by atoms with van der Waals surface area (Å²) in [5, 5.41) is 7.63. The van der Waals surface area contributed by atoms with Crippen LogP contribution in [-0.4, -0.2) is 10.9 Å². The number of carbonyl (C=O) groups excluding carboxylic acids is 1. The van der Waals surface area contributed by atoms with Crippen LogP contribution in [0.15, 0.2) is 67.4 Å². The molecule has 5 heteroatoms. The minimum absolute atomic E-state index is 0.252. The van der Waals surface area contributed by atoms with Crippen LogP contribution in [0, 0.1) is 0 Å². The van der Waals surface area contributed by atoms with E-state index in [1.807, 2.05) is 42.5 Å². The molecule has 0 aliphatic heterocycles. The van der Waals surface area contributed by atoms with Gasteiger partial charge in [-0.2, -0.15) is 0 Å². The molecule has 0 spiro atoms. The van der Waals surface area contributed by atoms with Crippen molar-refractivity contribution < 1.29 is 4.79 Å². The summed E-state index contributed by atoms with van der Waals surface area (Å²) in [5.41, 5.74) is 3.27. The normalized spacial score (nSPS) is 10.3. The highest BCUT2D eigenvalue weighted by molar-refractivity contribution is 6.30. The maximum absolute atomic E-state index is 11.5. The molecule has 0 fully saturated rings. The maximum Gasteiger partial charge on any atom is 0.247 e. The topological polar surface area (TPSA) is 54.0 Å². The molecule has 4 nitrogen and oxygen atoms in total. The molecular weight excluding hydrogens is 310 g/mol. The Kier molecular flexibility index (Phi) is 4.26. The number of fused-ring (bicyclic) bond motifs is 1. The number of halogens is 1. The number of nitrogens with zero attached hydrogens (tertiary/aromatic N) is 1. The van der Waals surface area contributed by atoms with E-state index in [-0.39, 0.29) is 5.91 Å². The van der Waals surface area contributed by atoms with Crippen molar-refractivity contribution in [2.45, 2.75) is 0 Å². The number of aromatic nitrogens is 1. The average molecular weight is 324 g/mol. The Morgan fingerprint density at radius 1 is 1.13 bits per heavy atom. The molecule has 3 aromatic rings. The monoisotopic (exact) mass is 323 g/mol. The maximum atomic E-state index is 11.5. The lowest BCUT2D eigenvalue weighted by molar-refractivity contribution is -0.111. The summed E-state index contributed by atoms with van der Waals surface area (Å²) < 4.78 is 0. The van der Waals surface area contributed by atoms with E-state index < -0.39 is 0 Å². The second kappa shape index (κ2) is 6.50. The van der Waals surface area contributed by atoms with E-state index in [0.29, 0.717) is 10.7 Å². The quantitative estimate of drug-likeness (QED) is 0.681. The molecular formula is C18H14ClN3O. The van der Waals surface area contributed by atoms with Crippen molar-refractivity contribution in [3.05, 3.63) is 72.4 Å². The molecule has 0 aliphatic rings. The number of amides is 1. The number of pyridine rings is 1. The molecule has 0 saturated carbocycles. The third-order valence-corrected chi connectivity index (χ3v) is 3.53. The smallest absolute Gasteiger partial charge is 0.247 e. The highest BCUT2D eigenvalue weighted by Gasteiger charge is 2.05. The molecule has 0 bridgehead atoms. The molecule has 0 atom stereocenters. The van der Waals surface area contributed by atoms with Crippen molar-refractivity contribution in [3.8, 4) is 0 Å². The third kappa shape index (κ3) is 3.49. The first-order chi connectivity index (χ1) is 11.2. The van der Waals surface area contributed by atoms with Gasteiger partial charge in [0.2, 0.25) is 5.91 Å². The number of anilines is 3. The van der Waals surface area contributed by atoms with Crippen molar-refractivity contribution in [2.24, 2.45) is 0 Å². The van der Waals surface area contributed by atoms with Crippen molar-refractivity contribution >= 4 is 45.5 Å². The molecule has 1 heterocycles. The molecule has 0 radical (unpaired) electrons. The zero-order chi connectivity index (χ0) is 16.2. The molecule has 1 aromatic heterocycles. The summed E-state index contributed by atoms with van der Waals surface area (Å²) in [6, 6.07) is 14.9. The summed E-state index contributed by atoms with van der Waals surface area (Å²) in [6.07, 6.45) is 2.97. The zero-order valence-electron chi connectivity index (χ0n) is 12.2. The Bertz CT molecular complexity index is 892. The zero-order valence-corrected chi connectivity index (χ0v) is 13.0. The lowest BCUT2D eigenvalue weighted by Gasteiger charge is -2.11. The van der Waals surface area contributed by atoms with E-state index in [4.69, 9.17) is 11.6 Å². The summed E-state index contributed by atoms with van der Waals surface area (Å²) in [7, 11) is 0. The summed E-state index contributed by atoms with van der Waals surface area (Å²) in [4.78, 5) is 15.8. The van der Waals surface area contributed by atoms with E-state index in [0.717, 1.165) is 22.3 Å². The minimum atomic E-state index is -0.252. The van der Waals surface area contributed by atoms with Crippen LogP contribution >= 0.6 is 11.6 Å². The minimum Gasteiger partial charge on any atom is -0.355 e. The van der Waals surface area contributed by atoms with Gasteiger partial charge < -0.3 is 10.6 Å². The highest BCUT2D eigenvalue weighted by atomic mass is 35.5. The first-order valence-corrected chi connectivity index (χ1v) is 7.38. The molecule has 23 heavy (non-hydrogen) atoms. The van der Waals surface area contributed by atoms with Gasteiger partial charge in [0.15, 0.2) is 0 Å². The second-order valence-corrected chi connectivity index (χ2v) is 5.36. The van der Waals surface area contributed by atoms with Gasteiger partial charge in [-0.3, -0.25) is 9.78 Å².